The summed E-state index contributed by atoms with van der Waals surface area (Å²) in [4.78, 5) is 28.2. The summed E-state index contributed by atoms with van der Waals surface area (Å²) in [5, 5.41) is 9.17. The van der Waals surface area contributed by atoms with Gasteiger partial charge in [-0.05, 0) is 51.1 Å². The van der Waals surface area contributed by atoms with Gasteiger partial charge in [0.1, 0.15) is 5.56 Å². The van der Waals surface area contributed by atoms with Gasteiger partial charge in [0.2, 0.25) is 5.43 Å². The highest BCUT2D eigenvalue weighted by Crippen LogP contribution is 2.31. The Labute approximate surface area is 151 Å². The van der Waals surface area contributed by atoms with Gasteiger partial charge in [-0.25, -0.2) is 4.79 Å². The van der Waals surface area contributed by atoms with E-state index in [4.69, 9.17) is 5.11 Å². The summed E-state index contributed by atoms with van der Waals surface area (Å²) in [5.41, 5.74) is 0.452. The van der Waals surface area contributed by atoms with Crippen molar-refractivity contribution in [1.82, 2.24) is 9.69 Å². The number of halogens is 1. The molecule has 140 valence electrons. The van der Waals surface area contributed by atoms with Gasteiger partial charge in [-0.2, -0.15) is 4.79 Å². The van der Waals surface area contributed by atoms with Crippen LogP contribution in [-0.4, -0.2) is 54.0 Å². The lowest BCUT2D eigenvalue weighted by atomic mass is 9.92. The van der Waals surface area contributed by atoms with Gasteiger partial charge in [-0.1, -0.05) is 11.4 Å². The first-order chi connectivity index (χ1) is 12.2. The highest BCUT2D eigenvalue weighted by molar-refractivity contribution is 5.94. The maximum atomic E-state index is 14.5. The molecule has 0 spiro atoms. The molecule has 1 N–H and O–H groups in total. The summed E-state index contributed by atoms with van der Waals surface area (Å²) in [7, 11) is 4.17. The molecule has 2 atom stereocenters. The van der Waals surface area contributed by atoms with E-state index >= 15 is 0 Å². The zero-order valence-electron chi connectivity index (χ0n) is 15.5. The maximum Gasteiger partial charge on any atom is 0.341 e. The van der Waals surface area contributed by atoms with Crippen molar-refractivity contribution in [3.8, 4) is 0 Å². The third-order valence-corrected chi connectivity index (χ3v) is 5.44. The van der Waals surface area contributed by atoms with Gasteiger partial charge in [0.15, 0.2) is 0 Å². The lowest BCUT2D eigenvalue weighted by molar-refractivity contribution is 0.0693. The Morgan fingerprint density at radius 3 is 2.62 bits per heavy atom. The van der Waals surface area contributed by atoms with Crippen LogP contribution in [0.2, 0.25) is 0 Å². The summed E-state index contributed by atoms with van der Waals surface area (Å²) in [6.07, 6.45) is 1.76. The van der Waals surface area contributed by atoms with Crippen LogP contribution in [0.25, 0.3) is 10.9 Å². The zero-order chi connectivity index (χ0) is 19.2. The van der Waals surface area contributed by atoms with E-state index in [0.717, 1.165) is 31.4 Å². The second kappa shape index (κ2) is 6.72. The van der Waals surface area contributed by atoms with Gasteiger partial charge in [0.25, 0.3) is 0 Å². The summed E-state index contributed by atoms with van der Waals surface area (Å²) < 4.78 is 14.5. The van der Waals surface area contributed by atoms with E-state index in [1.165, 1.54) is 6.07 Å². The average molecular weight is 361 g/mol. The zero-order valence-corrected chi connectivity index (χ0v) is 15.5. The highest BCUT2D eigenvalue weighted by atomic mass is 19.2. The first-order valence-electron chi connectivity index (χ1n) is 8.72. The lowest BCUT2D eigenvalue weighted by Gasteiger charge is -2.41. The van der Waals surface area contributed by atoms with E-state index in [-0.39, 0.29) is 15.7 Å². The fraction of sp³-hybridized carbons (Fsp3) is 0.474. The SMILES string of the molecule is Cc1c(N2CCC(N(C)C)C(C)C2)ccc2c(=O)c(C(=O)O)cn(F)c12. The summed E-state index contributed by atoms with van der Waals surface area (Å²) in [6.45, 7) is 5.68. The van der Waals surface area contributed by atoms with Crippen LogP contribution in [0.5, 0.6) is 0 Å². The number of carbonyl (C=O) groups is 1. The van der Waals surface area contributed by atoms with Crippen molar-refractivity contribution in [2.75, 3.05) is 32.1 Å². The normalized spacial score (nSPS) is 20.8. The second-order valence-corrected chi connectivity index (χ2v) is 7.34. The molecule has 0 aliphatic carbocycles. The Balaban J connectivity index is 2.06. The number of anilines is 1. The molecule has 2 unspecified atom stereocenters. The van der Waals surface area contributed by atoms with Crippen molar-refractivity contribution in [3.05, 3.63) is 39.7 Å². The predicted molar refractivity (Wildman–Crippen MR) is 99.9 cm³/mol. The number of fused-ring (bicyclic) bond motifs is 1. The molecule has 1 aromatic heterocycles. The van der Waals surface area contributed by atoms with Crippen molar-refractivity contribution in [1.29, 1.82) is 0 Å². The predicted octanol–water partition coefficient (Wildman–Crippen LogP) is 2.52. The number of aromatic carboxylic acids is 1. The molecule has 26 heavy (non-hydrogen) atoms. The van der Waals surface area contributed by atoms with Crippen LogP contribution in [0.1, 0.15) is 29.3 Å². The molecular formula is C19H24FN3O3. The molecule has 6 nitrogen and oxygen atoms in total. The quantitative estimate of drug-likeness (QED) is 0.910. The molecule has 0 amide bonds. The number of piperidine rings is 1. The maximum absolute atomic E-state index is 14.5. The molecule has 1 aliphatic rings. The molecule has 1 saturated heterocycles. The minimum atomic E-state index is -1.43. The minimum Gasteiger partial charge on any atom is -0.477 e. The van der Waals surface area contributed by atoms with Crippen molar-refractivity contribution in [3.63, 3.8) is 0 Å². The summed E-state index contributed by atoms with van der Waals surface area (Å²) in [5.74, 6) is -0.972. The molecule has 3 rings (SSSR count). The summed E-state index contributed by atoms with van der Waals surface area (Å²) >= 11 is 0. The number of nitrogens with zero attached hydrogens (tertiary/aromatic N) is 3. The standard InChI is InChI=1S/C19H24FN3O3/c1-11-9-22(8-7-15(11)21(3)4)16-6-5-13-17(12(16)2)23(20)10-14(18(13)24)19(25)26/h5-6,10-11,15H,7-9H2,1-4H3,(H,25,26). The Bertz CT molecular complexity index is 922. The number of carboxylic acid groups (broad SMARTS) is 1. The second-order valence-electron chi connectivity index (χ2n) is 7.34. The van der Waals surface area contributed by atoms with Crippen molar-refractivity contribution >= 4 is 22.6 Å². The Morgan fingerprint density at radius 1 is 1.35 bits per heavy atom. The molecular weight excluding hydrogens is 337 g/mol. The van der Waals surface area contributed by atoms with E-state index in [1.807, 2.05) is 0 Å². The van der Waals surface area contributed by atoms with Crippen LogP contribution < -0.4 is 10.3 Å². The van der Waals surface area contributed by atoms with Crippen molar-refractivity contribution in [2.45, 2.75) is 26.3 Å². The third-order valence-electron chi connectivity index (χ3n) is 5.44. The lowest BCUT2D eigenvalue weighted by Crippen LogP contribution is -2.48. The molecule has 7 heteroatoms. The average Bonchev–Trinajstić information content (AvgIpc) is 2.57. The smallest absolute Gasteiger partial charge is 0.341 e. The molecule has 1 fully saturated rings. The van der Waals surface area contributed by atoms with Crippen LogP contribution in [0.15, 0.2) is 23.1 Å². The van der Waals surface area contributed by atoms with E-state index in [0.29, 0.717) is 17.5 Å². The molecule has 0 radical (unpaired) electrons. The van der Waals surface area contributed by atoms with Gasteiger partial charge in [-0.15, -0.1) is 0 Å². The fourth-order valence-electron chi connectivity index (χ4n) is 4.14. The molecule has 0 saturated carbocycles. The third kappa shape index (κ3) is 2.96. The van der Waals surface area contributed by atoms with Crippen LogP contribution in [-0.2, 0) is 0 Å². The van der Waals surface area contributed by atoms with Crippen LogP contribution in [0.4, 0.5) is 10.2 Å². The van der Waals surface area contributed by atoms with E-state index in [2.05, 4.69) is 30.8 Å². The van der Waals surface area contributed by atoms with Gasteiger partial charge in [0, 0.05) is 30.2 Å². The van der Waals surface area contributed by atoms with Gasteiger partial charge in [0.05, 0.1) is 11.7 Å². The minimum absolute atomic E-state index is 0.0878. The van der Waals surface area contributed by atoms with E-state index in [1.54, 1.807) is 13.0 Å². The Morgan fingerprint density at radius 2 is 2.04 bits per heavy atom. The topological polar surface area (TPSA) is 65.8 Å². The monoisotopic (exact) mass is 361 g/mol. The number of carboxylic acids is 1. The van der Waals surface area contributed by atoms with Crippen LogP contribution in [0.3, 0.4) is 0 Å². The first-order valence-corrected chi connectivity index (χ1v) is 8.72. The molecule has 1 aliphatic heterocycles. The number of aromatic nitrogens is 1. The van der Waals surface area contributed by atoms with E-state index in [9.17, 15) is 14.1 Å². The number of rotatable bonds is 3. The molecule has 0 bridgehead atoms. The Hall–Kier alpha value is -2.41. The number of hydrogen-bond donors (Lipinski definition) is 1. The largest absolute Gasteiger partial charge is 0.477 e. The van der Waals surface area contributed by atoms with Crippen molar-refractivity contribution < 1.29 is 14.4 Å². The van der Waals surface area contributed by atoms with Gasteiger partial charge >= 0.3 is 5.97 Å². The van der Waals surface area contributed by atoms with Gasteiger partial charge < -0.3 is 14.9 Å². The van der Waals surface area contributed by atoms with Crippen LogP contribution >= 0.6 is 0 Å². The highest BCUT2D eigenvalue weighted by Gasteiger charge is 2.29. The van der Waals surface area contributed by atoms with Crippen molar-refractivity contribution in [2.24, 2.45) is 5.92 Å². The molecule has 2 heterocycles. The first kappa shape index (κ1) is 18.4. The number of benzene rings is 1. The van der Waals surface area contributed by atoms with Gasteiger partial charge in [-0.3, -0.25) is 4.79 Å². The van der Waals surface area contributed by atoms with Crippen LogP contribution in [0, 0.1) is 12.8 Å². The Kier molecular flexibility index (Phi) is 4.75. The number of aryl methyl sites for hydroxylation is 1. The summed E-state index contributed by atoms with van der Waals surface area (Å²) in [6, 6.07) is 3.84. The van der Waals surface area contributed by atoms with E-state index < -0.39 is 17.0 Å². The number of hydrogen-bond acceptors (Lipinski definition) is 4. The fourth-order valence-corrected chi connectivity index (χ4v) is 4.14. The molecule has 1 aromatic carbocycles. The molecule has 2 aromatic rings. The number of pyridine rings is 1.